The van der Waals surface area contributed by atoms with Crippen LogP contribution in [0, 0.1) is 6.92 Å². The second-order valence-corrected chi connectivity index (χ2v) is 7.85. The Labute approximate surface area is 183 Å². The third kappa shape index (κ3) is 4.75. The van der Waals surface area contributed by atoms with E-state index in [-0.39, 0.29) is 6.42 Å². The predicted molar refractivity (Wildman–Crippen MR) is 118 cm³/mol. The maximum atomic E-state index is 13.1. The molecule has 2 aromatic heterocycles. The van der Waals surface area contributed by atoms with Gasteiger partial charge in [-0.25, -0.2) is 4.98 Å². The molecule has 4 rings (SSSR count). The van der Waals surface area contributed by atoms with Gasteiger partial charge >= 0.3 is 5.97 Å². The van der Waals surface area contributed by atoms with Crippen molar-refractivity contribution >= 4 is 33.9 Å². The molecule has 0 fully saturated rings. The molecule has 0 aliphatic heterocycles. The lowest BCUT2D eigenvalue weighted by Gasteiger charge is -2.19. The highest BCUT2D eigenvalue weighted by Crippen LogP contribution is 2.28. The van der Waals surface area contributed by atoms with Gasteiger partial charge in [0.25, 0.3) is 5.91 Å². The number of fused-ring (bicyclic) bond motifs is 1. The Bertz CT molecular complexity index is 1190. The lowest BCUT2D eigenvalue weighted by Crippen LogP contribution is -2.26. The number of esters is 1. The van der Waals surface area contributed by atoms with Crippen LogP contribution in [0.5, 0.6) is 5.75 Å². The third-order valence-corrected chi connectivity index (χ3v) is 5.44. The molecule has 0 bridgehead atoms. The summed E-state index contributed by atoms with van der Waals surface area (Å²) in [6.45, 7) is 1.92. The van der Waals surface area contributed by atoms with Gasteiger partial charge in [-0.2, -0.15) is 0 Å². The highest BCUT2D eigenvalue weighted by atomic mass is 32.1. The first kappa shape index (κ1) is 20.6. The summed E-state index contributed by atoms with van der Waals surface area (Å²) < 4.78 is 12.8. The van der Waals surface area contributed by atoms with Crippen molar-refractivity contribution in [3.05, 3.63) is 83.1 Å². The van der Waals surface area contributed by atoms with E-state index in [0.29, 0.717) is 22.7 Å². The van der Waals surface area contributed by atoms with Crippen LogP contribution in [0.25, 0.3) is 4.96 Å². The molecule has 8 heteroatoms. The van der Waals surface area contributed by atoms with Crippen molar-refractivity contribution < 1.29 is 19.1 Å². The number of carbonyl (C=O) groups excluding carboxylic acids is 2. The standard InChI is InChI=1S/C23H21N3O4S/c1-15-8-9-19(29-2)18(12-15)25-22(28)21(16-6-4-3-5-7-16)30-20(27)13-17-14-26-10-11-31-23(26)24-17/h3-12,14,21H,13H2,1-2H3,(H,25,28). The number of hydrogen-bond acceptors (Lipinski definition) is 6. The fourth-order valence-electron chi connectivity index (χ4n) is 3.20. The summed E-state index contributed by atoms with van der Waals surface area (Å²) >= 11 is 1.48. The summed E-state index contributed by atoms with van der Waals surface area (Å²) in [4.78, 5) is 31.0. The number of aryl methyl sites for hydroxylation is 1. The predicted octanol–water partition coefficient (Wildman–Crippen LogP) is 4.18. The number of carbonyl (C=O) groups is 2. The van der Waals surface area contributed by atoms with Crippen molar-refractivity contribution in [2.24, 2.45) is 0 Å². The Balaban J connectivity index is 1.54. The van der Waals surface area contributed by atoms with Gasteiger partial charge in [-0.3, -0.25) is 14.0 Å². The normalized spacial score (nSPS) is 11.8. The number of aromatic nitrogens is 2. The van der Waals surface area contributed by atoms with Crippen LogP contribution in [0.3, 0.4) is 0 Å². The van der Waals surface area contributed by atoms with Crippen LogP contribution in [0.2, 0.25) is 0 Å². The maximum absolute atomic E-state index is 13.1. The highest BCUT2D eigenvalue weighted by molar-refractivity contribution is 7.15. The van der Waals surface area contributed by atoms with Crippen LogP contribution in [-0.4, -0.2) is 28.4 Å². The molecule has 0 aliphatic rings. The van der Waals surface area contributed by atoms with E-state index in [1.54, 1.807) is 42.6 Å². The van der Waals surface area contributed by atoms with Crippen molar-refractivity contribution in [3.8, 4) is 5.75 Å². The number of nitrogens with zero attached hydrogens (tertiary/aromatic N) is 2. The van der Waals surface area contributed by atoms with E-state index in [0.717, 1.165) is 10.5 Å². The zero-order valence-electron chi connectivity index (χ0n) is 17.1. The summed E-state index contributed by atoms with van der Waals surface area (Å²) in [5, 5.41) is 4.74. The Morgan fingerprint density at radius 3 is 2.74 bits per heavy atom. The summed E-state index contributed by atoms with van der Waals surface area (Å²) in [6, 6.07) is 14.4. The molecular weight excluding hydrogens is 414 g/mol. The third-order valence-electron chi connectivity index (χ3n) is 4.67. The Kier molecular flexibility index (Phi) is 5.99. The molecule has 0 saturated heterocycles. The summed E-state index contributed by atoms with van der Waals surface area (Å²) in [6.07, 6.45) is 2.51. The van der Waals surface area contributed by atoms with Gasteiger partial charge in [-0.15, -0.1) is 11.3 Å². The number of nitrogens with one attached hydrogen (secondary N) is 1. The summed E-state index contributed by atoms with van der Waals surface area (Å²) in [7, 11) is 1.53. The SMILES string of the molecule is COc1ccc(C)cc1NC(=O)C(OC(=O)Cc1cn2ccsc2n1)c1ccccc1. The van der Waals surface area contributed by atoms with Gasteiger partial charge in [0, 0.05) is 23.3 Å². The van der Waals surface area contributed by atoms with Gasteiger partial charge in [-0.1, -0.05) is 36.4 Å². The van der Waals surface area contributed by atoms with Crippen molar-refractivity contribution in [2.45, 2.75) is 19.4 Å². The number of hydrogen-bond donors (Lipinski definition) is 1. The van der Waals surface area contributed by atoms with E-state index >= 15 is 0 Å². The number of thiazole rings is 1. The molecule has 31 heavy (non-hydrogen) atoms. The number of amides is 1. The quantitative estimate of drug-likeness (QED) is 0.441. The largest absolute Gasteiger partial charge is 0.495 e. The first-order valence-corrected chi connectivity index (χ1v) is 10.5. The van der Waals surface area contributed by atoms with Crippen LogP contribution < -0.4 is 10.1 Å². The molecule has 4 aromatic rings. The van der Waals surface area contributed by atoms with Crippen LogP contribution in [0.4, 0.5) is 5.69 Å². The smallest absolute Gasteiger partial charge is 0.313 e. The Morgan fingerprint density at radius 1 is 1.19 bits per heavy atom. The highest BCUT2D eigenvalue weighted by Gasteiger charge is 2.26. The number of methoxy groups -OCH3 is 1. The van der Waals surface area contributed by atoms with Gasteiger partial charge in [0.1, 0.15) is 5.75 Å². The van der Waals surface area contributed by atoms with E-state index in [2.05, 4.69) is 10.3 Å². The molecule has 1 amide bonds. The van der Waals surface area contributed by atoms with Gasteiger partial charge < -0.3 is 14.8 Å². The first-order valence-electron chi connectivity index (χ1n) is 9.64. The molecule has 1 unspecified atom stereocenters. The maximum Gasteiger partial charge on any atom is 0.313 e. The summed E-state index contributed by atoms with van der Waals surface area (Å²) in [5.41, 5.74) is 2.64. The van der Waals surface area contributed by atoms with Crippen molar-refractivity contribution in [1.82, 2.24) is 9.38 Å². The minimum atomic E-state index is -1.11. The van der Waals surface area contributed by atoms with Crippen LogP contribution in [0.1, 0.15) is 22.9 Å². The van der Waals surface area contributed by atoms with Gasteiger partial charge in [0.2, 0.25) is 6.10 Å². The molecule has 7 nitrogen and oxygen atoms in total. The molecule has 2 heterocycles. The summed E-state index contributed by atoms with van der Waals surface area (Å²) in [5.74, 6) is -0.476. The molecule has 1 N–H and O–H groups in total. The van der Waals surface area contributed by atoms with Crippen molar-refractivity contribution in [2.75, 3.05) is 12.4 Å². The number of rotatable bonds is 7. The lowest BCUT2D eigenvalue weighted by molar-refractivity contribution is -0.154. The fraction of sp³-hybridized carbons (Fsp3) is 0.174. The molecule has 1 atom stereocenters. The number of anilines is 1. The molecule has 0 spiro atoms. The van der Waals surface area contributed by atoms with E-state index < -0.39 is 18.0 Å². The zero-order chi connectivity index (χ0) is 21.8. The fourth-order valence-corrected chi connectivity index (χ4v) is 3.92. The topological polar surface area (TPSA) is 81.9 Å². The Morgan fingerprint density at radius 2 is 2.00 bits per heavy atom. The number of benzene rings is 2. The van der Waals surface area contributed by atoms with Crippen molar-refractivity contribution in [3.63, 3.8) is 0 Å². The average Bonchev–Trinajstić information content (AvgIpc) is 3.34. The molecule has 0 saturated carbocycles. The average molecular weight is 436 g/mol. The number of imidazole rings is 1. The minimum absolute atomic E-state index is 0.0290. The minimum Gasteiger partial charge on any atom is -0.495 e. The molecule has 158 valence electrons. The first-order chi connectivity index (χ1) is 15.0. The van der Waals surface area contributed by atoms with Crippen LogP contribution in [0.15, 0.2) is 66.3 Å². The molecule has 0 aliphatic carbocycles. The molecule has 2 aromatic carbocycles. The van der Waals surface area contributed by atoms with Gasteiger partial charge in [-0.05, 0) is 24.6 Å². The van der Waals surface area contributed by atoms with Crippen molar-refractivity contribution in [1.29, 1.82) is 0 Å². The lowest BCUT2D eigenvalue weighted by atomic mass is 10.1. The van der Waals surface area contributed by atoms with E-state index in [1.165, 1.54) is 18.4 Å². The van der Waals surface area contributed by atoms with E-state index in [4.69, 9.17) is 9.47 Å². The van der Waals surface area contributed by atoms with Crippen LogP contribution in [-0.2, 0) is 20.7 Å². The number of ether oxygens (including phenoxy) is 2. The van der Waals surface area contributed by atoms with E-state index in [9.17, 15) is 9.59 Å². The zero-order valence-corrected chi connectivity index (χ0v) is 17.9. The molecule has 0 radical (unpaired) electrons. The second-order valence-electron chi connectivity index (χ2n) is 6.98. The van der Waals surface area contributed by atoms with Crippen LogP contribution >= 0.6 is 11.3 Å². The molecular formula is C23H21N3O4S. The van der Waals surface area contributed by atoms with Gasteiger partial charge in [0.15, 0.2) is 4.96 Å². The Hall–Kier alpha value is -3.65. The van der Waals surface area contributed by atoms with Gasteiger partial charge in [0.05, 0.1) is 24.9 Å². The monoisotopic (exact) mass is 435 g/mol. The van der Waals surface area contributed by atoms with E-state index in [1.807, 2.05) is 35.0 Å². The second kappa shape index (κ2) is 9.01.